The van der Waals surface area contributed by atoms with Crippen molar-refractivity contribution in [3.05, 3.63) is 48.0 Å². The van der Waals surface area contributed by atoms with Crippen molar-refractivity contribution in [1.29, 1.82) is 0 Å². The second kappa shape index (κ2) is 9.62. The largest absolute Gasteiger partial charge is 0.496 e. The number of likely N-dealkylation sites (N-methyl/N-ethyl adjacent to an activating group) is 1. The molecule has 158 valence electrons. The van der Waals surface area contributed by atoms with Crippen molar-refractivity contribution in [3.63, 3.8) is 0 Å². The SMILES string of the molecule is COc1ccc(S(=O)(=O)N(C)CC(=O)N[C@@H](C)c2ccccc2OC)cc1OC. The van der Waals surface area contributed by atoms with Crippen LogP contribution in [-0.4, -0.2) is 53.6 Å². The van der Waals surface area contributed by atoms with E-state index in [4.69, 9.17) is 14.2 Å². The molecule has 2 rings (SSSR count). The zero-order valence-corrected chi connectivity index (χ0v) is 17.9. The predicted octanol–water partition coefficient (Wildman–Crippen LogP) is 2.21. The van der Waals surface area contributed by atoms with Gasteiger partial charge in [0.1, 0.15) is 5.75 Å². The topological polar surface area (TPSA) is 94.2 Å². The van der Waals surface area contributed by atoms with Crippen LogP contribution in [0.1, 0.15) is 18.5 Å². The Labute approximate surface area is 171 Å². The van der Waals surface area contributed by atoms with E-state index in [0.29, 0.717) is 11.5 Å². The molecule has 29 heavy (non-hydrogen) atoms. The van der Waals surface area contributed by atoms with Crippen molar-refractivity contribution >= 4 is 15.9 Å². The van der Waals surface area contributed by atoms with E-state index in [2.05, 4.69) is 5.32 Å². The number of nitrogens with zero attached hydrogens (tertiary/aromatic N) is 1. The van der Waals surface area contributed by atoms with E-state index < -0.39 is 15.9 Å². The van der Waals surface area contributed by atoms with Crippen LogP contribution >= 0.6 is 0 Å². The quantitative estimate of drug-likeness (QED) is 0.666. The lowest BCUT2D eigenvalue weighted by atomic mass is 10.1. The minimum absolute atomic E-state index is 0.00299. The number of amides is 1. The molecule has 0 radical (unpaired) electrons. The summed E-state index contributed by atoms with van der Waals surface area (Å²) in [5.74, 6) is 0.912. The summed E-state index contributed by atoms with van der Waals surface area (Å²) in [5, 5.41) is 2.80. The third-order valence-corrected chi connectivity index (χ3v) is 6.21. The van der Waals surface area contributed by atoms with E-state index in [0.717, 1.165) is 9.87 Å². The highest BCUT2D eigenvalue weighted by atomic mass is 32.2. The molecule has 2 aromatic rings. The Morgan fingerprint density at radius 2 is 1.62 bits per heavy atom. The predicted molar refractivity (Wildman–Crippen MR) is 109 cm³/mol. The first kappa shape index (κ1) is 22.5. The van der Waals surface area contributed by atoms with E-state index >= 15 is 0 Å². The van der Waals surface area contributed by atoms with Crippen LogP contribution in [0.3, 0.4) is 0 Å². The Balaban J connectivity index is 2.12. The molecule has 0 aliphatic heterocycles. The minimum Gasteiger partial charge on any atom is -0.496 e. The smallest absolute Gasteiger partial charge is 0.243 e. The maximum absolute atomic E-state index is 12.8. The first-order chi connectivity index (χ1) is 13.7. The van der Waals surface area contributed by atoms with Crippen LogP contribution in [0.5, 0.6) is 17.2 Å². The first-order valence-corrected chi connectivity index (χ1v) is 10.3. The Hall–Kier alpha value is -2.78. The highest BCUT2D eigenvalue weighted by Crippen LogP contribution is 2.30. The Kier molecular flexibility index (Phi) is 7.46. The number of methoxy groups -OCH3 is 3. The van der Waals surface area contributed by atoms with Crippen molar-refractivity contribution in [2.45, 2.75) is 17.9 Å². The van der Waals surface area contributed by atoms with Gasteiger partial charge >= 0.3 is 0 Å². The summed E-state index contributed by atoms with van der Waals surface area (Å²) in [5.41, 5.74) is 0.800. The molecule has 1 atom stereocenters. The van der Waals surface area contributed by atoms with Crippen LogP contribution in [0.15, 0.2) is 47.4 Å². The summed E-state index contributed by atoms with van der Waals surface area (Å²) in [6.07, 6.45) is 0. The number of hydrogen-bond donors (Lipinski definition) is 1. The van der Waals surface area contributed by atoms with Crippen LogP contribution < -0.4 is 19.5 Å². The van der Waals surface area contributed by atoms with Crippen molar-refractivity contribution in [2.75, 3.05) is 34.9 Å². The zero-order valence-electron chi connectivity index (χ0n) is 17.1. The second-order valence-corrected chi connectivity index (χ2v) is 8.35. The maximum atomic E-state index is 12.8. The monoisotopic (exact) mass is 422 g/mol. The van der Waals surface area contributed by atoms with Gasteiger partial charge in [-0.3, -0.25) is 4.79 Å². The van der Waals surface area contributed by atoms with Gasteiger partial charge < -0.3 is 19.5 Å². The molecule has 2 aromatic carbocycles. The average Bonchev–Trinajstić information content (AvgIpc) is 2.72. The molecule has 0 fully saturated rings. The molecule has 1 amide bonds. The van der Waals surface area contributed by atoms with Gasteiger partial charge in [0.2, 0.25) is 15.9 Å². The molecule has 0 aromatic heterocycles. The summed E-state index contributed by atoms with van der Waals surface area (Å²) >= 11 is 0. The van der Waals surface area contributed by atoms with Crippen LogP contribution in [0.4, 0.5) is 0 Å². The van der Waals surface area contributed by atoms with Gasteiger partial charge in [-0.05, 0) is 25.1 Å². The van der Waals surface area contributed by atoms with Gasteiger partial charge in [-0.1, -0.05) is 18.2 Å². The number of hydrogen-bond acceptors (Lipinski definition) is 6. The molecule has 0 saturated carbocycles. The van der Waals surface area contributed by atoms with Crippen molar-refractivity contribution in [3.8, 4) is 17.2 Å². The molecular formula is C20H26N2O6S. The summed E-state index contributed by atoms with van der Waals surface area (Å²) in [6, 6.07) is 11.2. The molecule has 0 spiro atoms. The van der Waals surface area contributed by atoms with Crippen molar-refractivity contribution in [1.82, 2.24) is 9.62 Å². The molecular weight excluding hydrogens is 396 g/mol. The molecule has 9 heteroatoms. The highest BCUT2D eigenvalue weighted by molar-refractivity contribution is 7.89. The van der Waals surface area contributed by atoms with Gasteiger partial charge in [-0.25, -0.2) is 8.42 Å². The maximum Gasteiger partial charge on any atom is 0.243 e. The number of rotatable bonds is 9. The van der Waals surface area contributed by atoms with E-state index in [9.17, 15) is 13.2 Å². The van der Waals surface area contributed by atoms with Crippen LogP contribution in [0, 0.1) is 0 Å². The summed E-state index contributed by atoms with van der Waals surface area (Å²) < 4.78 is 42.2. The molecule has 1 N–H and O–H groups in total. The summed E-state index contributed by atoms with van der Waals surface area (Å²) in [7, 11) is 1.89. The van der Waals surface area contributed by atoms with Crippen molar-refractivity contribution in [2.24, 2.45) is 0 Å². The molecule has 8 nitrogen and oxygen atoms in total. The van der Waals surface area contributed by atoms with Gasteiger partial charge in [0.05, 0.1) is 38.8 Å². The number of ether oxygens (including phenoxy) is 3. The van der Waals surface area contributed by atoms with Crippen LogP contribution in [0.25, 0.3) is 0 Å². The standard InChI is InChI=1S/C20H26N2O6S/c1-14(16-8-6-7-9-17(16)26-3)21-20(23)13-22(2)29(24,25)15-10-11-18(27-4)19(12-15)28-5/h6-12,14H,13H2,1-5H3,(H,21,23)/t14-/m0/s1. The van der Waals surface area contributed by atoms with E-state index in [1.165, 1.54) is 39.5 Å². The molecule has 0 aliphatic rings. The number of sulfonamides is 1. The van der Waals surface area contributed by atoms with E-state index in [1.807, 2.05) is 18.2 Å². The van der Waals surface area contributed by atoms with Gasteiger partial charge in [0, 0.05) is 18.7 Å². The zero-order chi connectivity index (χ0) is 21.6. The Morgan fingerprint density at radius 3 is 2.24 bits per heavy atom. The molecule has 0 saturated heterocycles. The molecule has 0 heterocycles. The first-order valence-electron chi connectivity index (χ1n) is 8.85. The third kappa shape index (κ3) is 5.18. The number of nitrogens with one attached hydrogen (secondary N) is 1. The Morgan fingerprint density at radius 1 is 1.00 bits per heavy atom. The van der Waals surface area contributed by atoms with E-state index in [-0.39, 0.29) is 23.2 Å². The summed E-state index contributed by atoms with van der Waals surface area (Å²) in [6.45, 7) is 1.47. The van der Waals surface area contributed by atoms with Gasteiger partial charge in [-0.2, -0.15) is 4.31 Å². The van der Waals surface area contributed by atoms with Crippen LogP contribution in [0.2, 0.25) is 0 Å². The third-order valence-electron chi connectivity index (χ3n) is 4.41. The number of para-hydroxylation sites is 1. The fourth-order valence-corrected chi connectivity index (χ4v) is 3.98. The van der Waals surface area contributed by atoms with Gasteiger partial charge in [0.15, 0.2) is 11.5 Å². The Bertz CT molecular complexity index is 961. The van der Waals surface area contributed by atoms with E-state index in [1.54, 1.807) is 20.1 Å². The molecule has 0 aliphatic carbocycles. The lowest BCUT2D eigenvalue weighted by Gasteiger charge is -2.21. The highest BCUT2D eigenvalue weighted by Gasteiger charge is 2.25. The fourth-order valence-electron chi connectivity index (χ4n) is 2.83. The molecule has 0 bridgehead atoms. The number of carbonyl (C=O) groups excluding carboxylic acids is 1. The van der Waals surface area contributed by atoms with Gasteiger partial charge in [0.25, 0.3) is 0 Å². The normalized spacial score (nSPS) is 12.3. The average molecular weight is 423 g/mol. The van der Waals surface area contributed by atoms with Crippen molar-refractivity contribution < 1.29 is 27.4 Å². The van der Waals surface area contributed by atoms with Gasteiger partial charge in [-0.15, -0.1) is 0 Å². The minimum atomic E-state index is -3.89. The fraction of sp³-hybridized carbons (Fsp3) is 0.350. The van der Waals surface area contributed by atoms with Crippen LogP contribution in [-0.2, 0) is 14.8 Å². The lowest BCUT2D eigenvalue weighted by molar-refractivity contribution is -0.121. The lowest BCUT2D eigenvalue weighted by Crippen LogP contribution is -2.39. The summed E-state index contributed by atoms with van der Waals surface area (Å²) in [4.78, 5) is 12.4. The number of carbonyl (C=O) groups is 1. The second-order valence-electron chi connectivity index (χ2n) is 6.31. The molecule has 0 unspecified atom stereocenters. The number of benzene rings is 2.